The van der Waals surface area contributed by atoms with Gasteiger partial charge in [-0.2, -0.15) is 0 Å². The molecular weight excluding hydrogens is 346 g/mol. The highest BCUT2D eigenvalue weighted by Gasteiger charge is 2.00. The molecule has 0 aromatic heterocycles. The molecule has 2 N–H and O–H groups in total. The highest BCUT2D eigenvalue weighted by atomic mass is 16.3. The van der Waals surface area contributed by atoms with E-state index in [1.165, 1.54) is 0 Å². The first-order valence-electron chi connectivity index (χ1n) is 10.5. The molecule has 0 spiro atoms. The Kier molecular flexibility index (Phi) is 19.6. The Morgan fingerprint density at radius 3 is 1.54 bits per heavy atom. The van der Waals surface area contributed by atoms with Gasteiger partial charge in [0.05, 0.1) is 6.10 Å². The molecule has 0 heterocycles. The van der Waals surface area contributed by atoms with Gasteiger partial charge in [-0.3, -0.25) is 4.79 Å². The fourth-order valence-electron chi connectivity index (χ4n) is 2.20. The van der Waals surface area contributed by atoms with E-state index in [9.17, 15) is 4.79 Å². The zero-order chi connectivity index (χ0) is 20.7. The molecular formula is C25H39NO2. The number of allylic oxidation sites excluding steroid dienone is 12. The van der Waals surface area contributed by atoms with Gasteiger partial charge in [-0.25, -0.2) is 0 Å². The van der Waals surface area contributed by atoms with Gasteiger partial charge in [-0.1, -0.05) is 79.8 Å². The second-order valence-corrected chi connectivity index (χ2v) is 6.61. The van der Waals surface area contributed by atoms with Gasteiger partial charge in [0.1, 0.15) is 0 Å². The normalized spacial score (nSPS) is 14.0. The standard InChI is InChI=1S/C25H39NO2/c1-3-4-5-6-7-8-9-10-11-12-13-14-15-16-17-18-19-20-21-22-25(28)26-23-24(2)27/h4-5,7-8,10-11,13-14,16-17,19-20,24,27H,3,6,9,12,15,18,21-23H2,1-2H3,(H,26,28)/b5-4-,8-7-,11-10-,14-13-,17-16-,20-19-/t24-/m1/s1. The Labute approximate surface area is 172 Å². The second kappa shape index (κ2) is 21.2. The lowest BCUT2D eigenvalue weighted by molar-refractivity contribution is -0.121. The molecule has 28 heavy (non-hydrogen) atoms. The zero-order valence-corrected chi connectivity index (χ0v) is 17.7. The summed E-state index contributed by atoms with van der Waals surface area (Å²) >= 11 is 0. The third kappa shape index (κ3) is 21.9. The number of carbonyl (C=O) groups excluding carboxylic acids is 1. The Balaban J connectivity index is 3.57. The molecule has 1 amide bonds. The number of nitrogens with one attached hydrogen (secondary N) is 1. The third-order valence-electron chi connectivity index (χ3n) is 3.73. The van der Waals surface area contributed by atoms with Crippen LogP contribution in [0.5, 0.6) is 0 Å². The van der Waals surface area contributed by atoms with Crippen LogP contribution >= 0.6 is 0 Å². The van der Waals surface area contributed by atoms with Crippen LogP contribution in [-0.4, -0.2) is 23.7 Å². The van der Waals surface area contributed by atoms with E-state index in [0.717, 1.165) is 44.9 Å². The van der Waals surface area contributed by atoms with Crippen molar-refractivity contribution >= 4 is 5.91 Å². The Morgan fingerprint density at radius 2 is 1.14 bits per heavy atom. The number of aliphatic hydroxyl groups is 1. The fourth-order valence-corrected chi connectivity index (χ4v) is 2.20. The molecule has 0 bridgehead atoms. The van der Waals surface area contributed by atoms with Crippen molar-refractivity contribution in [3.05, 3.63) is 72.9 Å². The fraction of sp³-hybridized carbons (Fsp3) is 0.480. The predicted molar refractivity (Wildman–Crippen MR) is 122 cm³/mol. The maximum absolute atomic E-state index is 11.4. The first kappa shape index (κ1) is 25.9. The van der Waals surface area contributed by atoms with Gasteiger partial charge in [-0.15, -0.1) is 0 Å². The molecule has 3 nitrogen and oxygen atoms in total. The van der Waals surface area contributed by atoms with Gasteiger partial charge in [0.15, 0.2) is 0 Å². The topological polar surface area (TPSA) is 49.3 Å². The largest absolute Gasteiger partial charge is 0.392 e. The maximum Gasteiger partial charge on any atom is 0.220 e. The average Bonchev–Trinajstić information content (AvgIpc) is 2.68. The lowest BCUT2D eigenvalue weighted by atomic mass is 10.2. The number of hydrogen-bond acceptors (Lipinski definition) is 2. The van der Waals surface area contributed by atoms with Crippen LogP contribution in [0.4, 0.5) is 0 Å². The van der Waals surface area contributed by atoms with Crippen molar-refractivity contribution < 1.29 is 9.90 Å². The molecule has 0 unspecified atom stereocenters. The van der Waals surface area contributed by atoms with Crippen molar-refractivity contribution in [1.29, 1.82) is 0 Å². The van der Waals surface area contributed by atoms with Gasteiger partial charge in [0.2, 0.25) is 5.91 Å². The third-order valence-corrected chi connectivity index (χ3v) is 3.73. The van der Waals surface area contributed by atoms with Gasteiger partial charge < -0.3 is 10.4 Å². The highest BCUT2D eigenvalue weighted by molar-refractivity contribution is 5.75. The number of carbonyl (C=O) groups is 1. The van der Waals surface area contributed by atoms with Crippen LogP contribution in [0.15, 0.2) is 72.9 Å². The quantitative estimate of drug-likeness (QED) is 0.322. The second-order valence-electron chi connectivity index (χ2n) is 6.61. The van der Waals surface area contributed by atoms with Gasteiger partial charge >= 0.3 is 0 Å². The molecule has 0 aliphatic carbocycles. The average molecular weight is 386 g/mol. The molecule has 0 fully saturated rings. The van der Waals surface area contributed by atoms with Crippen molar-refractivity contribution in [2.45, 2.75) is 71.3 Å². The summed E-state index contributed by atoms with van der Waals surface area (Å²) in [5, 5.41) is 11.8. The van der Waals surface area contributed by atoms with Crippen molar-refractivity contribution in [3.8, 4) is 0 Å². The highest BCUT2D eigenvalue weighted by Crippen LogP contribution is 1.97. The Morgan fingerprint density at radius 1 is 0.750 bits per heavy atom. The minimum absolute atomic E-state index is 0.0135. The van der Waals surface area contributed by atoms with Crippen LogP contribution in [0, 0.1) is 0 Å². The van der Waals surface area contributed by atoms with Crippen molar-refractivity contribution in [2.24, 2.45) is 0 Å². The lowest BCUT2D eigenvalue weighted by Crippen LogP contribution is -2.30. The number of hydrogen-bond donors (Lipinski definition) is 2. The molecule has 3 heteroatoms. The van der Waals surface area contributed by atoms with E-state index in [4.69, 9.17) is 5.11 Å². The molecule has 0 saturated carbocycles. The molecule has 0 rings (SSSR count). The van der Waals surface area contributed by atoms with Crippen LogP contribution in [0.1, 0.15) is 65.2 Å². The van der Waals surface area contributed by atoms with E-state index in [0.29, 0.717) is 13.0 Å². The lowest BCUT2D eigenvalue weighted by Gasteiger charge is -2.05. The molecule has 0 aliphatic rings. The Bertz CT molecular complexity index is 537. The summed E-state index contributed by atoms with van der Waals surface area (Å²) in [4.78, 5) is 11.4. The zero-order valence-electron chi connectivity index (χ0n) is 17.7. The van der Waals surface area contributed by atoms with E-state index in [-0.39, 0.29) is 5.91 Å². The van der Waals surface area contributed by atoms with Crippen molar-refractivity contribution in [3.63, 3.8) is 0 Å². The molecule has 1 atom stereocenters. The SMILES string of the molecule is CC/C=C\C/C=C\C/C=C\C/C=C\C/C=C\C/C=C\CCC(=O)NC[C@@H](C)O. The number of amides is 1. The van der Waals surface area contributed by atoms with Crippen LogP contribution in [0.25, 0.3) is 0 Å². The number of rotatable bonds is 16. The summed E-state index contributed by atoms with van der Waals surface area (Å²) in [7, 11) is 0. The van der Waals surface area contributed by atoms with Crippen LogP contribution in [0.3, 0.4) is 0 Å². The van der Waals surface area contributed by atoms with Crippen LogP contribution in [-0.2, 0) is 4.79 Å². The molecule has 0 radical (unpaired) electrons. The minimum Gasteiger partial charge on any atom is -0.392 e. The molecule has 156 valence electrons. The maximum atomic E-state index is 11.4. The van der Waals surface area contributed by atoms with Gasteiger partial charge in [0.25, 0.3) is 0 Å². The number of aliphatic hydroxyl groups excluding tert-OH is 1. The monoisotopic (exact) mass is 385 g/mol. The van der Waals surface area contributed by atoms with Crippen LogP contribution < -0.4 is 5.32 Å². The van der Waals surface area contributed by atoms with Crippen molar-refractivity contribution in [1.82, 2.24) is 5.32 Å². The predicted octanol–water partition coefficient (Wildman–Crippen LogP) is 5.96. The van der Waals surface area contributed by atoms with Crippen LogP contribution in [0.2, 0.25) is 0 Å². The minimum atomic E-state index is -0.491. The van der Waals surface area contributed by atoms with E-state index >= 15 is 0 Å². The molecule has 0 aromatic rings. The summed E-state index contributed by atoms with van der Waals surface area (Å²) in [5.74, 6) is -0.0135. The summed E-state index contributed by atoms with van der Waals surface area (Å²) < 4.78 is 0. The van der Waals surface area contributed by atoms with Crippen molar-refractivity contribution in [2.75, 3.05) is 6.54 Å². The van der Waals surface area contributed by atoms with E-state index < -0.39 is 6.10 Å². The van der Waals surface area contributed by atoms with E-state index in [1.807, 2.05) is 6.08 Å². The van der Waals surface area contributed by atoms with Gasteiger partial charge in [-0.05, 0) is 51.9 Å². The van der Waals surface area contributed by atoms with Gasteiger partial charge in [0, 0.05) is 13.0 Å². The summed E-state index contributed by atoms with van der Waals surface area (Å²) in [6.07, 6.45) is 32.7. The first-order chi connectivity index (χ1) is 13.7. The molecule has 0 aromatic carbocycles. The van der Waals surface area contributed by atoms with E-state index in [2.05, 4.69) is 79.1 Å². The van der Waals surface area contributed by atoms with E-state index in [1.54, 1.807) is 6.92 Å². The Hall–Kier alpha value is -2.13. The molecule has 0 saturated heterocycles. The summed E-state index contributed by atoms with van der Waals surface area (Å²) in [6, 6.07) is 0. The summed E-state index contributed by atoms with van der Waals surface area (Å²) in [6.45, 7) is 4.13. The molecule has 0 aliphatic heterocycles. The first-order valence-corrected chi connectivity index (χ1v) is 10.5. The smallest absolute Gasteiger partial charge is 0.220 e. The summed E-state index contributed by atoms with van der Waals surface area (Å²) in [5.41, 5.74) is 0.